The van der Waals surface area contributed by atoms with Crippen molar-refractivity contribution in [3.05, 3.63) is 30.4 Å². The van der Waals surface area contributed by atoms with E-state index >= 15 is 0 Å². The molecule has 1 heterocycles. The highest BCUT2D eigenvalue weighted by atomic mass is 16.6. The fourth-order valence-corrected chi connectivity index (χ4v) is 2.70. The third-order valence-corrected chi connectivity index (χ3v) is 4.03. The van der Waals surface area contributed by atoms with Gasteiger partial charge in [0.2, 0.25) is 5.91 Å². The molecule has 1 aromatic carbocycles. The Morgan fingerprint density at radius 1 is 1.36 bits per heavy atom. The standard InChI is InChI=1S/C19H28N2O4/c1-6-12-24-15-10-9-14(13-8-11-16(22)20-18(13)15)25-17(7-2)21(23)19(3,4)5/h6,9-10,17,23H,1,7-8,11-12H2,2-5H3,(H,20,22). The van der Waals surface area contributed by atoms with Crippen molar-refractivity contribution in [1.82, 2.24) is 5.06 Å². The first-order chi connectivity index (χ1) is 11.8. The van der Waals surface area contributed by atoms with Crippen LogP contribution in [0.3, 0.4) is 0 Å². The molecule has 1 atom stereocenters. The Labute approximate surface area is 149 Å². The summed E-state index contributed by atoms with van der Waals surface area (Å²) in [6, 6.07) is 3.60. The van der Waals surface area contributed by atoms with E-state index in [-0.39, 0.29) is 5.91 Å². The van der Waals surface area contributed by atoms with Crippen LogP contribution in [-0.4, -0.2) is 34.6 Å². The Bertz CT molecular complexity index is 637. The zero-order valence-corrected chi connectivity index (χ0v) is 15.5. The lowest BCUT2D eigenvalue weighted by Crippen LogP contribution is -2.48. The van der Waals surface area contributed by atoms with Crippen LogP contribution in [0.4, 0.5) is 5.69 Å². The van der Waals surface area contributed by atoms with Crippen LogP contribution >= 0.6 is 0 Å². The van der Waals surface area contributed by atoms with Crippen LogP contribution in [0.5, 0.6) is 11.5 Å². The normalized spacial score (nSPS) is 15.4. The first-order valence-electron chi connectivity index (χ1n) is 8.62. The molecule has 138 valence electrons. The number of nitrogens with one attached hydrogen (secondary N) is 1. The van der Waals surface area contributed by atoms with E-state index in [0.717, 1.165) is 5.56 Å². The van der Waals surface area contributed by atoms with Crippen molar-refractivity contribution in [1.29, 1.82) is 0 Å². The van der Waals surface area contributed by atoms with Gasteiger partial charge in [-0.25, -0.2) is 0 Å². The highest BCUT2D eigenvalue weighted by Crippen LogP contribution is 2.39. The van der Waals surface area contributed by atoms with E-state index in [0.29, 0.717) is 43.1 Å². The number of hydrogen-bond donors (Lipinski definition) is 2. The van der Waals surface area contributed by atoms with Gasteiger partial charge in [0, 0.05) is 17.5 Å². The number of carbonyl (C=O) groups is 1. The molecule has 2 N–H and O–H groups in total. The predicted molar refractivity (Wildman–Crippen MR) is 97.2 cm³/mol. The molecule has 1 aliphatic rings. The summed E-state index contributed by atoms with van der Waals surface area (Å²) in [6.07, 6.45) is 2.75. The summed E-state index contributed by atoms with van der Waals surface area (Å²) in [5.41, 5.74) is 1.09. The molecule has 0 radical (unpaired) electrons. The van der Waals surface area contributed by atoms with E-state index in [1.165, 1.54) is 5.06 Å². The van der Waals surface area contributed by atoms with Crippen molar-refractivity contribution >= 4 is 11.6 Å². The molecular weight excluding hydrogens is 320 g/mol. The molecular formula is C19H28N2O4. The van der Waals surface area contributed by atoms with Crippen molar-refractivity contribution in [2.45, 2.75) is 58.7 Å². The third-order valence-electron chi connectivity index (χ3n) is 4.03. The van der Waals surface area contributed by atoms with Crippen molar-refractivity contribution in [3.63, 3.8) is 0 Å². The average molecular weight is 348 g/mol. The Kier molecular flexibility index (Phi) is 6.08. The highest BCUT2D eigenvalue weighted by molar-refractivity contribution is 5.96. The largest absolute Gasteiger partial charge is 0.487 e. The van der Waals surface area contributed by atoms with Crippen LogP contribution in [0.25, 0.3) is 0 Å². The molecule has 6 heteroatoms. The monoisotopic (exact) mass is 348 g/mol. The summed E-state index contributed by atoms with van der Waals surface area (Å²) >= 11 is 0. The minimum absolute atomic E-state index is 0.0429. The minimum atomic E-state index is -0.485. The lowest BCUT2D eigenvalue weighted by Gasteiger charge is -2.36. The van der Waals surface area contributed by atoms with E-state index in [9.17, 15) is 10.0 Å². The topological polar surface area (TPSA) is 71.0 Å². The van der Waals surface area contributed by atoms with Gasteiger partial charge in [0.05, 0.1) is 5.69 Å². The number of hydrogen-bond acceptors (Lipinski definition) is 5. The number of fused-ring (bicyclic) bond motifs is 1. The molecule has 0 saturated heterocycles. The third kappa shape index (κ3) is 4.52. The molecule has 0 aliphatic carbocycles. The number of rotatable bonds is 7. The number of hydroxylamine groups is 2. The Morgan fingerprint density at radius 3 is 2.64 bits per heavy atom. The van der Waals surface area contributed by atoms with Crippen molar-refractivity contribution in [3.8, 4) is 11.5 Å². The smallest absolute Gasteiger partial charge is 0.224 e. The second-order valence-corrected chi connectivity index (χ2v) is 7.06. The van der Waals surface area contributed by atoms with E-state index < -0.39 is 11.8 Å². The molecule has 1 aliphatic heterocycles. The van der Waals surface area contributed by atoms with Crippen LogP contribution < -0.4 is 14.8 Å². The first kappa shape index (κ1) is 19.3. The molecule has 0 saturated carbocycles. The molecule has 0 fully saturated rings. The minimum Gasteiger partial charge on any atom is -0.487 e. The summed E-state index contributed by atoms with van der Waals surface area (Å²) in [6.45, 7) is 11.7. The fraction of sp³-hybridized carbons (Fsp3) is 0.526. The van der Waals surface area contributed by atoms with E-state index in [1.807, 2.05) is 33.8 Å². The Hall–Kier alpha value is -2.05. The molecule has 1 amide bonds. The van der Waals surface area contributed by atoms with E-state index in [1.54, 1.807) is 12.1 Å². The van der Waals surface area contributed by atoms with Gasteiger partial charge >= 0.3 is 0 Å². The van der Waals surface area contributed by atoms with E-state index in [2.05, 4.69) is 11.9 Å². The maximum absolute atomic E-state index is 11.8. The molecule has 1 aromatic rings. The quantitative estimate of drug-likeness (QED) is 0.446. The van der Waals surface area contributed by atoms with Gasteiger partial charge in [-0.3, -0.25) is 4.79 Å². The zero-order valence-electron chi connectivity index (χ0n) is 15.5. The number of ether oxygens (including phenoxy) is 2. The lowest BCUT2D eigenvalue weighted by atomic mass is 10.0. The summed E-state index contributed by atoms with van der Waals surface area (Å²) in [4.78, 5) is 11.8. The lowest BCUT2D eigenvalue weighted by molar-refractivity contribution is -0.235. The molecule has 0 bridgehead atoms. The molecule has 1 unspecified atom stereocenters. The SMILES string of the molecule is C=CCOc1ccc(OC(CC)N(O)C(C)(C)C)c2c1NC(=O)CC2. The molecule has 0 spiro atoms. The van der Waals surface area contributed by atoms with E-state index in [4.69, 9.17) is 9.47 Å². The number of nitrogens with zero attached hydrogens (tertiary/aromatic N) is 1. The molecule has 25 heavy (non-hydrogen) atoms. The van der Waals surface area contributed by atoms with Crippen molar-refractivity contribution in [2.75, 3.05) is 11.9 Å². The van der Waals surface area contributed by atoms with Gasteiger partial charge in [-0.15, -0.1) is 5.06 Å². The van der Waals surface area contributed by atoms with Gasteiger partial charge in [-0.2, -0.15) is 0 Å². The first-order valence-corrected chi connectivity index (χ1v) is 8.62. The van der Waals surface area contributed by atoms with Gasteiger partial charge in [-0.1, -0.05) is 19.6 Å². The van der Waals surface area contributed by atoms with Gasteiger partial charge < -0.3 is 20.0 Å². The zero-order chi connectivity index (χ0) is 18.6. The Morgan fingerprint density at radius 2 is 2.04 bits per heavy atom. The Balaban J connectivity index is 2.33. The highest BCUT2D eigenvalue weighted by Gasteiger charge is 2.30. The number of benzene rings is 1. The van der Waals surface area contributed by atoms with Gasteiger partial charge in [-0.05, 0) is 45.7 Å². The van der Waals surface area contributed by atoms with Gasteiger partial charge in [0.25, 0.3) is 0 Å². The fourth-order valence-electron chi connectivity index (χ4n) is 2.70. The van der Waals surface area contributed by atoms with Crippen LogP contribution in [0.2, 0.25) is 0 Å². The molecule has 2 rings (SSSR count). The van der Waals surface area contributed by atoms with Crippen LogP contribution in [0, 0.1) is 0 Å². The van der Waals surface area contributed by atoms with Gasteiger partial charge in [0.1, 0.15) is 18.1 Å². The predicted octanol–water partition coefficient (Wildman–Crippen LogP) is 3.74. The van der Waals surface area contributed by atoms with Crippen LogP contribution in [-0.2, 0) is 11.2 Å². The van der Waals surface area contributed by atoms with Crippen LogP contribution in [0.15, 0.2) is 24.8 Å². The summed E-state index contributed by atoms with van der Waals surface area (Å²) in [7, 11) is 0. The second-order valence-electron chi connectivity index (χ2n) is 7.06. The summed E-state index contributed by atoms with van der Waals surface area (Å²) in [5.74, 6) is 1.20. The summed E-state index contributed by atoms with van der Waals surface area (Å²) in [5, 5.41) is 14.5. The maximum atomic E-state index is 11.8. The molecule has 0 aromatic heterocycles. The number of amides is 1. The van der Waals surface area contributed by atoms with Crippen molar-refractivity contribution in [2.24, 2.45) is 0 Å². The van der Waals surface area contributed by atoms with Crippen molar-refractivity contribution < 1.29 is 19.5 Å². The van der Waals surface area contributed by atoms with Gasteiger partial charge in [0.15, 0.2) is 6.23 Å². The second kappa shape index (κ2) is 7.89. The maximum Gasteiger partial charge on any atom is 0.224 e. The molecule has 6 nitrogen and oxygen atoms in total. The number of anilines is 1. The number of carbonyl (C=O) groups excluding carboxylic acids is 1. The summed E-state index contributed by atoms with van der Waals surface area (Å²) < 4.78 is 11.7. The van der Waals surface area contributed by atoms with Crippen LogP contribution in [0.1, 0.15) is 46.1 Å². The average Bonchev–Trinajstić information content (AvgIpc) is 2.56.